The molecule has 0 aliphatic heterocycles. The van der Waals surface area contributed by atoms with E-state index in [1.165, 1.54) is 6.21 Å². The third-order valence-electron chi connectivity index (χ3n) is 2.66. The van der Waals surface area contributed by atoms with Gasteiger partial charge in [0.15, 0.2) is 0 Å². The zero-order chi connectivity index (χ0) is 14.2. The predicted octanol–water partition coefficient (Wildman–Crippen LogP) is 1.95. The Morgan fingerprint density at radius 2 is 2.05 bits per heavy atom. The first-order valence-corrected chi connectivity index (χ1v) is 6.28. The summed E-state index contributed by atoms with van der Waals surface area (Å²) < 4.78 is 0. The third-order valence-corrected chi connectivity index (χ3v) is 2.66. The summed E-state index contributed by atoms with van der Waals surface area (Å²) in [4.78, 5) is 15.7. The van der Waals surface area contributed by atoms with Gasteiger partial charge in [0.1, 0.15) is 0 Å². The number of aryl methyl sites for hydroxylation is 1. The molecule has 0 atom stereocenters. The fraction of sp³-hybridized carbons (Fsp3) is 0.133. The number of amides is 1. The number of hydrazone groups is 1. The van der Waals surface area contributed by atoms with E-state index >= 15 is 0 Å². The summed E-state index contributed by atoms with van der Waals surface area (Å²) >= 11 is 0. The van der Waals surface area contributed by atoms with Gasteiger partial charge < -0.3 is 5.32 Å². The van der Waals surface area contributed by atoms with Crippen LogP contribution in [-0.2, 0) is 4.79 Å². The Kier molecular flexibility index (Phi) is 4.83. The molecule has 5 nitrogen and oxygen atoms in total. The number of hydrogen-bond acceptors (Lipinski definition) is 4. The molecule has 5 heteroatoms. The van der Waals surface area contributed by atoms with Crippen molar-refractivity contribution in [3.63, 3.8) is 0 Å². The highest BCUT2D eigenvalue weighted by Crippen LogP contribution is 2.12. The highest BCUT2D eigenvalue weighted by molar-refractivity contribution is 5.83. The normalized spacial score (nSPS) is 10.4. The van der Waals surface area contributed by atoms with E-state index in [4.69, 9.17) is 0 Å². The molecule has 2 N–H and O–H groups in total. The summed E-state index contributed by atoms with van der Waals surface area (Å²) in [5.74, 6) is -0.208. The maximum atomic E-state index is 11.6. The molecule has 0 saturated carbocycles. The molecular formula is C15H16N4O. The summed E-state index contributed by atoms with van der Waals surface area (Å²) in [6.45, 7) is 2.16. The zero-order valence-corrected chi connectivity index (χ0v) is 11.2. The van der Waals surface area contributed by atoms with E-state index in [2.05, 4.69) is 20.8 Å². The highest BCUT2D eigenvalue weighted by Gasteiger charge is 2.00. The lowest BCUT2D eigenvalue weighted by molar-refractivity contribution is -0.119. The average Bonchev–Trinajstić information content (AvgIpc) is 2.47. The molecule has 0 saturated heterocycles. The van der Waals surface area contributed by atoms with Crippen LogP contribution < -0.4 is 10.7 Å². The summed E-state index contributed by atoms with van der Waals surface area (Å²) in [7, 11) is 0. The van der Waals surface area contributed by atoms with Crippen LogP contribution in [0.1, 0.15) is 11.3 Å². The number of nitrogens with one attached hydrogen (secondary N) is 2. The number of anilines is 1. The van der Waals surface area contributed by atoms with Crippen LogP contribution in [0.3, 0.4) is 0 Å². The van der Waals surface area contributed by atoms with Gasteiger partial charge in [0.05, 0.1) is 18.5 Å². The van der Waals surface area contributed by atoms with Crippen LogP contribution in [0.25, 0.3) is 0 Å². The number of carbonyl (C=O) groups is 1. The number of rotatable bonds is 5. The largest absolute Gasteiger partial charge is 0.376 e. The van der Waals surface area contributed by atoms with Gasteiger partial charge in [-0.25, -0.2) is 5.43 Å². The average molecular weight is 268 g/mol. The summed E-state index contributed by atoms with van der Waals surface area (Å²) in [5, 5.41) is 6.91. The second kappa shape index (κ2) is 7.04. The molecule has 2 aromatic rings. The van der Waals surface area contributed by atoms with Crippen LogP contribution in [0.2, 0.25) is 0 Å². The van der Waals surface area contributed by atoms with Gasteiger partial charge >= 0.3 is 0 Å². The van der Waals surface area contributed by atoms with Gasteiger partial charge in [0, 0.05) is 11.9 Å². The van der Waals surface area contributed by atoms with Crippen molar-refractivity contribution in [3.8, 4) is 0 Å². The number of nitrogens with zero attached hydrogens (tertiary/aromatic N) is 2. The standard InChI is InChI=1S/C15H16N4O/c1-12-6-2-3-8-14(12)17-11-15(20)19-18-10-13-7-4-5-9-16-13/h2-10,17H,11H2,1H3,(H,19,20). The van der Waals surface area contributed by atoms with Gasteiger partial charge in [-0.15, -0.1) is 0 Å². The summed E-state index contributed by atoms with van der Waals surface area (Å²) in [6, 6.07) is 13.3. The van der Waals surface area contributed by atoms with Crippen molar-refractivity contribution < 1.29 is 4.79 Å². The van der Waals surface area contributed by atoms with Crippen molar-refractivity contribution >= 4 is 17.8 Å². The van der Waals surface area contributed by atoms with Crippen LogP contribution in [0, 0.1) is 6.92 Å². The van der Waals surface area contributed by atoms with Crippen molar-refractivity contribution in [3.05, 3.63) is 59.9 Å². The van der Waals surface area contributed by atoms with E-state index in [0.29, 0.717) is 5.69 Å². The Hall–Kier alpha value is -2.69. The Morgan fingerprint density at radius 3 is 2.80 bits per heavy atom. The smallest absolute Gasteiger partial charge is 0.259 e. The molecule has 2 rings (SSSR count). The lowest BCUT2D eigenvalue weighted by atomic mass is 10.2. The fourth-order valence-electron chi connectivity index (χ4n) is 1.61. The fourth-order valence-corrected chi connectivity index (χ4v) is 1.61. The Morgan fingerprint density at radius 1 is 1.25 bits per heavy atom. The molecule has 20 heavy (non-hydrogen) atoms. The predicted molar refractivity (Wildman–Crippen MR) is 79.6 cm³/mol. The van der Waals surface area contributed by atoms with Crippen LogP contribution in [-0.4, -0.2) is 23.7 Å². The lowest BCUT2D eigenvalue weighted by Crippen LogP contribution is -2.26. The second-order valence-corrected chi connectivity index (χ2v) is 4.22. The van der Waals surface area contributed by atoms with Crippen molar-refractivity contribution in [1.82, 2.24) is 10.4 Å². The van der Waals surface area contributed by atoms with Crippen molar-refractivity contribution in [2.45, 2.75) is 6.92 Å². The Balaban J connectivity index is 1.79. The number of carbonyl (C=O) groups excluding carboxylic acids is 1. The quantitative estimate of drug-likeness (QED) is 0.643. The molecule has 1 amide bonds. The van der Waals surface area contributed by atoms with Crippen molar-refractivity contribution in [2.24, 2.45) is 5.10 Å². The number of para-hydroxylation sites is 1. The van der Waals surface area contributed by atoms with E-state index < -0.39 is 0 Å². The number of benzene rings is 1. The maximum Gasteiger partial charge on any atom is 0.259 e. The SMILES string of the molecule is Cc1ccccc1NCC(=O)NN=Cc1ccccn1. The van der Waals surface area contributed by atoms with Crippen molar-refractivity contribution in [2.75, 3.05) is 11.9 Å². The first kappa shape index (κ1) is 13.7. The highest BCUT2D eigenvalue weighted by atomic mass is 16.2. The molecule has 1 aromatic carbocycles. The molecule has 1 aromatic heterocycles. The van der Waals surface area contributed by atoms with Crippen LogP contribution in [0.5, 0.6) is 0 Å². The van der Waals surface area contributed by atoms with Crippen LogP contribution in [0.15, 0.2) is 53.8 Å². The molecule has 0 radical (unpaired) electrons. The molecule has 0 fully saturated rings. The number of aromatic nitrogens is 1. The van der Waals surface area contributed by atoms with Gasteiger partial charge in [-0.3, -0.25) is 9.78 Å². The molecule has 0 unspecified atom stereocenters. The first-order chi connectivity index (χ1) is 9.75. The minimum atomic E-state index is -0.208. The van der Waals surface area contributed by atoms with Crippen LogP contribution >= 0.6 is 0 Å². The van der Waals surface area contributed by atoms with Crippen molar-refractivity contribution in [1.29, 1.82) is 0 Å². The topological polar surface area (TPSA) is 66.4 Å². The first-order valence-electron chi connectivity index (χ1n) is 6.28. The molecular weight excluding hydrogens is 252 g/mol. The molecule has 0 spiro atoms. The van der Waals surface area contributed by atoms with Gasteiger partial charge in [-0.2, -0.15) is 5.10 Å². The lowest BCUT2D eigenvalue weighted by Gasteiger charge is -2.07. The Labute approximate surface area is 117 Å². The molecule has 0 bridgehead atoms. The van der Waals surface area contributed by atoms with E-state index in [9.17, 15) is 4.79 Å². The molecule has 0 aliphatic rings. The number of pyridine rings is 1. The van der Waals surface area contributed by atoms with E-state index in [1.807, 2.05) is 43.3 Å². The van der Waals surface area contributed by atoms with Crippen LogP contribution in [0.4, 0.5) is 5.69 Å². The zero-order valence-electron chi connectivity index (χ0n) is 11.2. The molecule has 102 valence electrons. The number of hydrogen-bond donors (Lipinski definition) is 2. The third kappa shape index (κ3) is 4.20. The van der Waals surface area contributed by atoms with Gasteiger partial charge in [-0.1, -0.05) is 24.3 Å². The van der Waals surface area contributed by atoms with Gasteiger partial charge in [-0.05, 0) is 30.7 Å². The minimum Gasteiger partial charge on any atom is -0.376 e. The van der Waals surface area contributed by atoms with Gasteiger partial charge in [0.25, 0.3) is 5.91 Å². The summed E-state index contributed by atoms with van der Waals surface area (Å²) in [6.07, 6.45) is 3.18. The van der Waals surface area contributed by atoms with Gasteiger partial charge in [0.2, 0.25) is 0 Å². The monoisotopic (exact) mass is 268 g/mol. The summed E-state index contributed by atoms with van der Waals surface area (Å²) in [5.41, 5.74) is 5.18. The maximum absolute atomic E-state index is 11.6. The Bertz CT molecular complexity index is 596. The van der Waals surface area contributed by atoms with E-state index in [-0.39, 0.29) is 12.5 Å². The van der Waals surface area contributed by atoms with E-state index in [0.717, 1.165) is 11.3 Å². The van der Waals surface area contributed by atoms with E-state index in [1.54, 1.807) is 12.3 Å². The molecule has 0 aliphatic carbocycles. The minimum absolute atomic E-state index is 0.171. The molecule has 1 heterocycles. The second-order valence-electron chi connectivity index (χ2n) is 4.22.